The predicted molar refractivity (Wildman–Crippen MR) is 79.6 cm³/mol. The highest BCUT2D eigenvalue weighted by atomic mass is 16.5. The molecule has 0 heterocycles. The van der Waals surface area contributed by atoms with Gasteiger partial charge in [0.05, 0.1) is 12.2 Å². The van der Waals surface area contributed by atoms with Crippen molar-refractivity contribution in [2.75, 3.05) is 11.9 Å². The average molecular weight is 263 g/mol. The van der Waals surface area contributed by atoms with Gasteiger partial charge in [-0.2, -0.15) is 0 Å². The number of benzene rings is 1. The van der Waals surface area contributed by atoms with Crippen LogP contribution in [-0.2, 0) is 4.74 Å². The topological polar surface area (TPSA) is 38.3 Å². The van der Waals surface area contributed by atoms with Crippen LogP contribution in [0.5, 0.6) is 0 Å². The van der Waals surface area contributed by atoms with E-state index < -0.39 is 0 Å². The van der Waals surface area contributed by atoms with Crippen molar-refractivity contribution in [3.63, 3.8) is 0 Å². The van der Waals surface area contributed by atoms with Crippen LogP contribution >= 0.6 is 0 Å². The summed E-state index contributed by atoms with van der Waals surface area (Å²) in [7, 11) is 0. The maximum absolute atomic E-state index is 11.5. The van der Waals surface area contributed by atoms with E-state index in [-0.39, 0.29) is 5.97 Å². The molecule has 0 saturated heterocycles. The second kappa shape index (κ2) is 8.57. The fraction of sp³-hybridized carbons (Fsp3) is 0.562. The van der Waals surface area contributed by atoms with E-state index in [1.165, 1.54) is 25.7 Å². The lowest BCUT2D eigenvalue weighted by molar-refractivity contribution is 0.0526. The molecule has 0 aromatic heterocycles. The molecule has 3 nitrogen and oxygen atoms in total. The standard InChI is InChI=1S/C16H25NO2/c1-4-6-7-8-13(3)17-15-11-9-14(10-12-15)16(18)19-5-2/h9-13,17H,4-8H2,1-3H3. The third kappa shape index (κ3) is 5.77. The van der Waals surface area contributed by atoms with Crippen LogP contribution in [0.1, 0.15) is 56.8 Å². The Morgan fingerprint density at radius 3 is 2.47 bits per heavy atom. The van der Waals surface area contributed by atoms with Gasteiger partial charge in [-0.25, -0.2) is 4.79 Å². The number of esters is 1. The number of ether oxygens (including phenoxy) is 1. The molecular formula is C16H25NO2. The van der Waals surface area contributed by atoms with Crippen LogP contribution in [0.3, 0.4) is 0 Å². The number of hydrogen-bond donors (Lipinski definition) is 1. The molecule has 1 atom stereocenters. The van der Waals surface area contributed by atoms with Gasteiger partial charge in [-0.15, -0.1) is 0 Å². The van der Waals surface area contributed by atoms with Crippen molar-refractivity contribution in [2.45, 2.75) is 52.5 Å². The molecule has 3 heteroatoms. The zero-order valence-corrected chi connectivity index (χ0v) is 12.2. The van der Waals surface area contributed by atoms with E-state index in [2.05, 4.69) is 19.2 Å². The number of anilines is 1. The summed E-state index contributed by atoms with van der Waals surface area (Å²) in [5.74, 6) is -0.259. The zero-order valence-electron chi connectivity index (χ0n) is 12.2. The highest BCUT2D eigenvalue weighted by Crippen LogP contribution is 2.14. The molecule has 1 aromatic carbocycles. The highest BCUT2D eigenvalue weighted by Gasteiger charge is 2.06. The Bertz CT molecular complexity index is 373. The van der Waals surface area contributed by atoms with Crippen molar-refractivity contribution in [1.82, 2.24) is 0 Å². The molecule has 1 unspecified atom stereocenters. The lowest BCUT2D eigenvalue weighted by Crippen LogP contribution is -2.15. The lowest BCUT2D eigenvalue weighted by atomic mass is 10.1. The molecule has 0 aliphatic carbocycles. The number of hydrogen-bond acceptors (Lipinski definition) is 3. The minimum absolute atomic E-state index is 0.259. The van der Waals surface area contributed by atoms with Crippen LogP contribution in [0.2, 0.25) is 0 Å². The number of carbonyl (C=O) groups excluding carboxylic acids is 1. The van der Waals surface area contributed by atoms with Gasteiger partial charge in [-0.1, -0.05) is 26.2 Å². The van der Waals surface area contributed by atoms with E-state index in [1.807, 2.05) is 19.1 Å². The fourth-order valence-corrected chi connectivity index (χ4v) is 1.97. The first kappa shape index (κ1) is 15.5. The molecule has 0 saturated carbocycles. The molecule has 0 fully saturated rings. The quantitative estimate of drug-likeness (QED) is 0.563. The minimum atomic E-state index is -0.259. The van der Waals surface area contributed by atoms with Crippen LogP contribution in [0.15, 0.2) is 24.3 Å². The van der Waals surface area contributed by atoms with E-state index in [4.69, 9.17) is 4.74 Å². The van der Waals surface area contributed by atoms with Crippen LogP contribution in [0, 0.1) is 0 Å². The molecule has 1 aromatic rings. The summed E-state index contributed by atoms with van der Waals surface area (Å²) >= 11 is 0. The van der Waals surface area contributed by atoms with Crippen LogP contribution < -0.4 is 5.32 Å². The zero-order chi connectivity index (χ0) is 14.1. The maximum atomic E-state index is 11.5. The van der Waals surface area contributed by atoms with E-state index >= 15 is 0 Å². The highest BCUT2D eigenvalue weighted by molar-refractivity contribution is 5.89. The van der Waals surface area contributed by atoms with Crippen molar-refractivity contribution >= 4 is 11.7 Å². The largest absolute Gasteiger partial charge is 0.462 e. The van der Waals surface area contributed by atoms with E-state index in [9.17, 15) is 4.79 Å². The summed E-state index contributed by atoms with van der Waals surface area (Å²) in [5, 5.41) is 3.45. The van der Waals surface area contributed by atoms with Crippen LogP contribution in [0.4, 0.5) is 5.69 Å². The maximum Gasteiger partial charge on any atom is 0.338 e. The van der Waals surface area contributed by atoms with Crippen molar-refractivity contribution < 1.29 is 9.53 Å². The Labute approximate surface area is 116 Å². The SMILES string of the molecule is CCCCCC(C)Nc1ccc(C(=O)OCC)cc1. The Morgan fingerprint density at radius 1 is 1.21 bits per heavy atom. The molecule has 0 aliphatic heterocycles. The van der Waals surface area contributed by atoms with Crippen LogP contribution in [0.25, 0.3) is 0 Å². The van der Waals surface area contributed by atoms with E-state index in [1.54, 1.807) is 12.1 Å². The smallest absolute Gasteiger partial charge is 0.338 e. The Hall–Kier alpha value is -1.51. The van der Waals surface area contributed by atoms with Gasteiger partial charge >= 0.3 is 5.97 Å². The van der Waals surface area contributed by atoms with Gasteiger partial charge in [0, 0.05) is 11.7 Å². The number of carbonyl (C=O) groups is 1. The van der Waals surface area contributed by atoms with Gasteiger partial charge in [0.2, 0.25) is 0 Å². The summed E-state index contributed by atoms with van der Waals surface area (Å²) in [6, 6.07) is 7.93. The van der Waals surface area contributed by atoms with Gasteiger partial charge in [0.15, 0.2) is 0 Å². The fourth-order valence-electron chi connectivity index (χ4n) is 1.97. The molecule has 1 N–H and O–H groups in total. The average Bonchev–Trinajstić information content (AvgIpc) is 2.40. The number of unbranched alkanes of at least 4 members (excludes halogenated alkanes) is 2. The lowest BCUT2D eigenvalue weighted by Gasteiger charge is -2.15. The number of nitrogens with one attached hydrogen (secondary N) is 1. The van der Waals surface area contributed by atoms with Crippen molar-refractivity contribution in [1.29, 1.82) is 0 Å². The van der Waals surface area contributed by atoms with Crippen LogP contribution in [-0.4, -0.2) is 18.6 Å². The van der Waals surface area contributed by atoms with Gasteiger partial charge in [0.25, 0.3) is 0 Å². The van der Waals surface area contributed by atoms with E-state index in [0.717, 1.165) is 5.69 Å². The Morgan fingerprint density at radius 2 is 1.89 bits per heavy atom. The van der Waals surface area contributed by atoms with E-state index in [0.29, 0.717) is 18.2 Å². The summed E-state index contributed by atoms with van der Waals surface area (Å²) in [6.45, 7) is 6.63. The number of rotatable bonds is 8. The monoisotopic (exact) mass is 263 g/mol. The molecule has 0 radical (unpaired) electrons. The molecule has 0 amide bonds. The summed E-state index contributed by atoms with van der Waals surface area (Å²) in [5.41, 5.74) is 1.66. The molecule has 0 spiro atoms. The minimum Gasteiger partial charge on any atom is -0.462 e. The first-order chi connectivity index (χ1) is 9.17. The summed E-state index contributed by atoms with van der Waals surface area (Å²) in [4.78, 5) is 11.5. The molecule has 1 rings (SSSR count). The van der Waals surface area contributed by atoms with Crippen molar-refractivity contribution in [3.8, 4) is 0 Å². The second-order valence-electron chi connectivity index (χ2n) is 4.84. The first-order valence-electron chi connectivity index (χ1n) is 7.21. The molecule has 19 heavy (non-hydrogen) atoms. The molecular weight excluding hydrogens is 238 g/mol. The van der Waals surface area contributed by atoms with Gasteiger partial charge < -0.3 is 10.1 Å². The van der Waals surface area contributed by atoms with Crippen molar-refractivity contribution in [2.24, 2.45) is 0 Å². The van der Waals surface area contributed by atoms with Gasteiger partial charge in [0.1, 0.15) is 0 Å². The second-order valence-corrected chi connectivity index (χ2v) is 4.84. The summed E-state index contributed by atoms with van der Waals surface area (Å²) in [6.07, 6.45) is 4.97. The Kier molecular flexibility index (Phi) is 7.01. The molecule has 106 valence electrons. The van der Waals surface area contributed by atoms with Gasteiger partial charge in [-0.3, -0.25) is 0 Å². The Balaban J connectivity index is 2.45. The van der Waals surface area contributed by atoms with Crippen molar-refractivity contribution in [3.05, 3.63) is 29.8 Å². The van der Waals surface area contributed by atoms with Gasteiger partial charge in [-0.05, 0) is 44.5 Å². The summed E-state index contributed by atoms with van der Waals surface area (Å²) < 4.78 is 4.96. The third-order valence-electron chi connectivity index (χ3n) is 3.05. The molecule has 0 bridgehead atoms. The molecule has 0 aliphatic rings. The normalized spacial score (nSPS) is 11.9. The third-order valence-corrected chi connectivity index (χ3v) is 3.05. The first-order valence-corrected chi connectivity index (χ1v) is 7.21. The predicted octanol–water partition coefficient (Wildman–Crippen LogP) is 4.24.